The standard InChI is InChI=1S/C10H5ClFN3/c11-9-8(5-13)14-15-10(9)6-1-3-7(12)4-2-6/h1-4H,(H,14,15). The van der Waals surface area contributed by atoms with E-state index in [1.165, 1.54) is 12.1 Å². The van der Waals surface area contributed by atoms with E-state index in [0.29, 0.717) is 11.3 Å². The molecule has 2 aromatic rings. The molecule has 0 spiro atoms. The Kier molecular flexibility index (Phi) is 2.40. The van der Waals surface area contributed by atoms with Gasteiger partial charge in [0.15, 0.2) is 5.69 Å². The molecule has 74 valence electrons. The normalized spacial score (nSPS) is 9.93. The van der Waals surface area contributed by atoms with Crippen molar-refractivity contribution < 1.29 is 4.39 Å². The zero-order valence-electron chi connectivity index (χ0n) is 7.46. The van der Waals surface area contributed by atoms with Gasteiger partial charge >= 0.3 is 0 Å². The first-order valence-electron chi connectivity index (χ1n) is 4.12. The van der Waals surface area contributed by atoms with Crippen molar-refractivity contribution in [3.8, 4) is 17.3 Å². The number of aromatic nitrogens is 2. The molecule has 1 aromatic heterocycles. The molecule has 0 atom stereocenters. The predicted octanol–water partition coefficient (Wildman–Crippen LogP) is 2.74. The van der Waals surface area contributed by atoms with Gasteiger partial charge in [-0.15, -0.1) is 0 Å². The Morgan fingerprint density at radius 1 is 1.33 bits per heavy atom. The lowest BCUT2D eigenvalue weighted by molar-refractivity contribution is 0.628. The lowest BCUT2D eigenvalue weighted by atomic mass is 10.1. The third-order valence-corrected chi connectivity index (χ3v) is 2.31. The average molecular weight is 222 g/mol. The van der Waals surface area contributed by atoms with E-state index in [-0.39, 0.29) is 16.5 Å². The minimum absolute atomic E-state index is 0.135. The summed E-state index contributed by atoms with van der Waals surface area (Å²) >= 11 is 5.89. The molecule has 5 heteroatoms. The first kappa shape index (κ1) is 9.69. The molecule has 0 aliphatic heterocycles. The van der Waals surface area contributed by atoms with Crippen LogP contribution in [0.15, 0.2) is 24.3 Å². The van der Waals surface area contributed by atoms with Crippen LogP contribution in [0.5, 0.6) is 0 Å². The Morgan fingerprint density at radius 3 is 2.53 bits per heavy atom. The van der Waals surface area contributed by atoms with Crippen LogP contribution in [0.3, 0.4) is 0 Å². The summed E-state index contributed by atoms with van der Waals surface area (Å²) in [7, 11) is 0. The maximum Gasteiger partial charge on any atom is 0.181 e. The van der Waals surface area contributed by atoms with Crippen LogP contribution in [-0.2, 0) is 0 Å². The summed E-state index contributed by atoms with van der Waals surface area (Å²) in [6.45, 7) is 0. The summed E-state index contributed by atoms with van der Waals surface area (Å²) in [5.41, 5.74) is 1.35. The van der Waals surface area contributed by atoms with Crippen LogP contribution in [0.4, 0.5) is 4.39 Å². The van der Waals surface area contributed by atoms with Crippen LogP contribution in [0.25, 0.3) is 11.3 Å². The minimum atomic E-state index is -0.324. The molecule has 0 saturated carbocycles. The maximum atomic E-state index is 12.7. The topological polar surface area (TPSA) is 52.5 Å². The second-order valence-electron chi connectivity index (χ2n) is 2.88. The van der Waals surface area contributed by atoms with E-state index in [0.717, 1.165) is 0 Å². The maximum absolute atomic E-state index is 12.7. The number of halogens is 2. The summed E-state index contributed by atoms with van der Waals surface area (Å²) < 4.78 is 12.7. The lowest BCUT2D eigenvalue weighted by Crippen LogP contribution is -1.79. The van der Waals surface area contributed by atoms with E-state index in [9.17, 15) is 4.39 Å². The smallest absolute Gasteiger partial charge is 0.181 e. The van der Waals surface area contributed by atoms with Crippen molar-refractivity contribution in [2.75, 3.05) is 0 Å². The molecule has 0 saturated heterocycles. The molecule has 1 aromatic carbocycles. The van der Waals surface area contributed by atoms with Crippen LogP contribution in [0.1, 0.15) is 5.69 Å². The number of hydrogen-bond donors (Lipinski definition) is 1. The van der Waals surface area contributed by atoms with E-state index in [2.05, 4.69) is 10.2 Å². The quantitative estimate of drug-likeness (QED) is 0.805. The number of hydrogen-bond acceptors (Lipinski definition) is 2. The molecule has 15 heavy (non-hydrogen) atoms. The van der Waals surface area contributed by atoms with Gasteiger partial charge in [-0.1, -0.05) is 11.6 Å². The molecule has 1 N–H and O–H groups in total. The van der Waals surface area contributed by atoms with Crippen molar-refractivity contribution in [3.05, 3.63) is 40.8 Å². The van der Waals surface area contributed by atoms with Gasteiger partial charge in [-0.25, -0.2) is 4.39 Å². The molecule has 0 aliphatic carbocycles. The molecule has 0 radical (unpaired) electrons. The fraction of sp³-hybridized carbons (Fsp3) is 0. The molecule has 0 fully saturated rings. The van der Waals surface area contributed by atoms with Crippen molar-refractivity contribution in [2.24, 2.45) is 0 Å². The van der Waals surface area contributed by atoms with Crippen molar-refractivity contribution in [1.82, 2.24) is 10.2 Å². The summed E-state index contributed by atoms with van der Waals surface area (Å²) in [6, 6.07) is 7.62. The highest BCUT2D eigenvalue weighted by Gasteiger charge is 2.11. The SMILES string of the molecule is N#Cc1n[nH]c(-c2ccc(F)cc2)c1Cl. The highest BCUT2D eigenvalue weighted by Crippen LogP contribution is 2.27. The van der Waals surface area contributed by atoms with Gasteiger partial charge in [0.05, 0.1) is 5.69 Å². The largest absolute Gasteiger partial charge is 0.275 e. The number of nitrogens with one attached hydrogen (secondary N) is 1. The summed E-state index contributed by atoms with van der Waals surface area (Å²) in [6.07, 6.45) is 0. The number of rotatable bonds is 1. The van der Waals surface area contributed by atoms with Gasteiger partial charge in [-0.05, 0) is 24.3 Å². The Labute approximate surface area is 90.1 Å². The fourth-order valence-electron chi connectivity index (χ4n) is 1.21. The molecule has 0 bridgehead atoms. The average Bonchev–Trinajstić information content (AvgIpc) is 2.61. The van der Waals surface area contributed by atoms with Gasteiger partial charge in [0, 0.05) is 5.56 Å². The van der Waals surface area contributed by atoms with Crippen LogP contribution in [-0.4, -0.2) is 10.2 Å². The predicted molar refractivity (Wildman–Crippen MR) is 53.7 cm³/mol. The number of aromatic amines is 1. The zero-order chi connectivity index (χ0) is 10.8. The Balaban J connectivity index is 2.51. The number of H-pyrrole nitrogens is 1. The Hall–Kier alpha value is -1.86. The third kappa shape index (κ3) is 1.69. The highest BCUT2D eigenvalue weighted by molar-refractivity contribution is 6.34. The molecule has 0 aliphatic rings. The summed E-state index contributed by atoms with van der Waals surface area (Å²) in [5, 5.41) is 15.3. The minimum Gasteiger partial charge on any atom is -0.275 e. The summed E-state index contributed by atoms with van der Waals surface area (Å²) in [4.78, 5) is 0. The molecule has 0 unspecified atom stereocenters. The van der Waals surface area contributed by atoms with Gasteiger partial charge in [0.2, 0.25) is 0 Å². The van der Waals surface area contributed by atoms with Gasteiger partial charge < -0.3 is 0 Å². The fourth-order valence-corrected chi connectivity index (χ4v) is 1.45. The molecular weight excluding hydrogens is 217 g/mol. The van der Waals surface area contributed by atoms with E-state index in [1.807, 2.05) is 6.07 Å². The van der Waals surface area contributed by atoms with E-state index >= 15 is 0 Å². The van der Waals surface area contributed by atoms with Crippen molar-refractivity contribution >= 4 is 11.6 Å². The molecule has 0 amide bonds. The molecule has 3 nitrogen and oxygen atoms in total. The lowest BCUT2D eigenvalue weighted by Gasteiger charge is -1.97. The molecule has 2 rings (SSSR count). The molecule has 1 heterocycles. The van der Waals surface area contributed by atoms with Crippen LogP contribution in [0, 0.1) is 17.1 Å². The molecular formula is C10H5ClFN3. The first-order valence-corrected chi connectivity index (χ1v) is 4.50. The van der Waals surface area contributed by atoms with Gasteiger partial charge in [-0.2, -0.15) is 10.4 Å². The van der Waals surface area contributed by atoms with Gasteiger partial charge in [-0.3, -0.25) is 5.10 Å². The van der Waals surface area contributed by atoms with E-state index in [4.69, 9.17) is 16.9 Å². The second-order valence-corrected chi connectivity index (χ2v) is 3.26. The van der Waals surface area contributed by atoms with Crippen LogP contribution < -0.4 is 0 Å². The van der Waals surface area contributed by atoms with Crippen molar-refractivity contribution in [1.29, 1.82) is 5.26 Å². The first-order chi connectivity index (χ1) is 7.22. The van der Waals surface area contributed by atoms with Crippen LogP contribution in [0.2, 0.25) is 5.02 Å². The highest BCUT2D eigenvalue weighted by atomic mass is 35.5. The summed E-state index contributed by atoms with van der Waals surface area (Å²) in [5.74, 6) is -0.324. The van der Waals surface area contributed by atoms with E-state index in [1.54, 1.807) is 12.1 Å². The number of nitriles is 1. The number of benzene rings is 1. The zero-order valence-corrected chi connectivity index (χ0v) is 8.22. The monoisotopic (exact) mass is 221 g/mol. The van der Waals surface area contributed by atoms with Crippen molar-refractivity contribution in [3.63, 3.8) is 0 Å². The Morgan fingerprint density at radius 2 is 2.00 bits per heavy atom. The van der Waals surface area contributed by atoms with Gasteiger partial charge in [0.25, 0.3) is 0 Å². The number of nitrogens with zero attached hydrogens (tertiary/aromatic N) is 2. The van der Waals surface area contributed by atoms with Gasteiger partial charge in [0.1, 0.15) is 16.9 Å². The second kappa shape index (κ2) is 3.71. The third-order valence-electron chi connectivity index (χ3n) is 1.95. The van der Waals surface area contributed by atoms with Crippen LogP contribution >= 0.6 is 11.6 Å². The van der Waals surface area contributed by atoms with E-state index < -0.39 is 0 Å². The van der Waals surface area contributed by atoms with Crippen molar-refractivity contribution in [2.45, 2.75) is 0 Å². The Bertz CT molecular complexity index is 525.